The summed E-state index contributed by atoms with van der Waals surface area (Å²) in [5.41, 5.74) is 4.84. The van der Waals surface area contributed by atoms with Crippen molar-refractivity contribution in [3.8, 4) is 17.2 Å². The molecule has 0 radical (unpaired) electrons. The number of halogens is 3. The van der Waals surface area contributed by atoms with E-state index in [1.54, 1.807) is 20.1 Å². The van der Waals surface area contributed by atoms with Crippen LogP contribution in [0.2, 0.25) is 0 Å². The molecule has 1 unspecified atom stereocenters. The molecule has 1 N–H and O–H groups in total. The van der Waals surface area contributed by atoms with Gasteiger partial charge in [0.05, 0.1) is 13.2 Å². The van der Waals surface area contributed by atoms with Crippen molar-refractivity contribution in [3.63, 3.8) is 0 Å². The number of fused-ring (bicyclic) bond motifs is 1. The minimum Gasteiger partial charge on any atom is -0.493 e. The van der Waals surface area contributed by atoms with E-state index in [-0.39, 0.29) is 11.8 Å². The topological polar surface area (TPSA) is 39.7 Å². The number of rotatable bonds is 7. The van der Waals surface area contributed by atoms with Gasteiger partial charge < -0.3 is 19.5 Å². The molecule has 0 spiro atoms. The maximum absolute atomic E-state index is 12.5. The standard InChI is InChI=1S/C27H26F3NO3/c1-18-14-22(34-27(28,29)30)10-8-20(18)9-11-24-23-16-25(32-2)26(15-21(23)12-13-31-24)33-17-19-6-4-3-5-7-19/h3-11,14-16,24,31H,12-13,17H2,1-2H3/b11-9+. The Morgan fingerprint density at radius 3 is 2.53 bits per heavy atom. The molecule has 0 aromatic heterocycles. The van der Waals surface area contributed by atoms with Gasteiger partial charge in [-0.3, -0.25) is 0 Å². The van der Waals surface area contributed by atoms with E-state index in [9.17, 15) is 13.2 Å². The highest BCUT2D eigenvalue weighted by molar-refractivity contribution is 5.58. The molecule has 4 rings (SSSR count). The van der Waals surface area contributed by atoms with E-state index >= 15 is 0 Å². The zero-order valence-electron chi connectivity index (χ0n) is 19.0. The Kier molecular flexibility index (Phi) is 7.12. The Bertz CT molecular complexity index is 1160. The number of hydrogen-bond donors (Lipinski definition) is 1. The molecule has 1 atom stereocenters. The van der Waals surface area contributed by atoms with Gasteiger partial charge in [-0.2, -0.15) is 0 Å². The molecular formula is C27H26F3NO3. The minimum absolute atomic E-state index is 0.0636. The van der Waals surface area contributed by atoms with Gasteiger partial charge >= 0.3 is 6.36 Å². The van der Waals surface area contributed by atoms with Crippen LogP contribution in [0.25, 0.3) is 6.08 Å². The number of hydrogen-bond acceptors (Lipinski definition) is 4. The van der Waals surface area contributed by atoms with Crippen LogP contribution in [0.15, 0.2) is 66.7 Å². The quantitative estimate of drug-likeness (QED) is 0.436. The normalized spacial score (nSPS) is 15.7. The average molecular weight is 470 g/mol. The van der Waals surface area contributed by atoms with Gasteiger partial charge in [0.15, 0.2) is 11.5 Å². The molecule has 0 saturated heterocycles. The third kappa shape index (κ3) is 5.91. The number of methoxy groups -OCH3 is 1. The van der Waals surface area contributed by atoms with Gasteiger partial charge in [-0.15, -0.1) is 13.2 Å². The highest BCUT2D eigenvalue weighted by Gasteiger charge is 2.31. The zero-order valence-corrected chi connectivity index (χ0v) is 19.0. The fourth-order valence-corrected chi connectivity index (χ4v) is 4.01. The van der Waals surface area contributed by atoms with E-state index in [4.69, 9.17) is 9.47 Å². The molecule has 178 valence electrons. The lowest BCUT2D eigenvalue weighted by molar-refractivity contribution is -0.274. The fraction of sp³-hybridized carbons (Fsp3) is 0.259. The van der Waals surface area contributed by atoms with Crippen molar-refractivity contribution in [2.24, 2.45) is 0 Å². The Hall–Kier alpha value is -3.45. The van der Waals surface area contributed by atoms with Gasteiger partial charge in [-0.1, -0.05) is 48.6 Å². The lowest BCUT2D eigenvalue weighted by Crippen LogP contribution is -2.28. The Morgan fingerprint density at radius 1 is 1.03 bits per heavy atom. The molecule has 0 fully saturated rings. The second-order valence-electron chi connectivity index (χ2n) is 8.08. The Balaban J connectivity index is 1.53. The van der Waals surface area contributed by atoms with Crippen LogP contribution in [0.1, 0.15) is 33.9 Å². The summed E-state index contributed by atoms with van der Waals surface area (Å²) in [4.78, 5) is 0. The van der Waals surface area contributed by atoms with Crippen LogP contribution < -0.4 is 19.5 Å². The highest BCUT2D eigenvalue weighted by Crippen LogP contribution is 2.36. The number of benzene rings is 3. The van der Waals surface area contributed by atoms with Gasteiger partial charge in [0.2, 0.25) is 0 Å². The molecule has 7 heteroatoms. The summed E-state index contributed by atoms with van der Waals surface area (Å²) in [5, 5.41) is 3.48. The lowest BCUT2D eigenvalue weighted by Gasteiger charge is -2.26. The van der Waals surface area contributed by atoms with Gasteiger partial charge in [-0.05, 0) is 65.4 Å². The molecule has 0 aliphatic carbocycles. The molecule has 3 aromatic rings. The van der Waals surface area contributed by atoms with Crippen molar-refractivity contribution < 1.29 is 27.4 Å². The van der Waals surface area contributed by atoms with Crippen LogP contribution in [0, 0.1) is 6.92 Å². The van der Waals surface area contributed by atoms with Gasteiger partial charge in [-0.25, -0.2) is 0 Å². The SMILES string of the molecule is COc1cc2c(cc1OCc1ccccc1)CCNC2/C=C/c1ccc(OC(F)(F)F)cc1C. The number of nitrogens with one attached hydrogen (secondary N) is 1. The average Bonchev–Trinajstić information content (AvgIpc) is 2.81. The van der Waals surface area contributed by atoms with Crippen LogP contribution in [0.5, 0.6) is 17.2 Å². The van der Waals surface area contributed by atoms with Crippen molar-refractivity contribution in [1.29, 1.82) is 0 Å². The summed E-state index contributed by atoms with van der Waals surface area (Å²) in [6, 6.07) is 18.2. The number of ether oxygens (including phenoxy) is 3. The van der Waals surface area contributed by atoms with Crippen molar-refractivity contribution in [2.75, 3.05) is 13.7 Å². The van der Waals surface area contributed by atoms with E-state index in [0.717, 1.165) is 29.7 Å². The summed E-state index contributed by atoms with van der Waals surface area (Å²) in [6.45, 7) is 3.00. The van der Waals surface area contributed by atoms with E-state index in [2.05, 4.69) is 10.1 Å². The Morgan fingerprint density at radius 2 is 1.82 bits per heavy atom. The largest absolute Gasteiger partial charge is 0.573 e. The van der Waals surface area contributed by atoms with Crippen molar-refractivity contribution in [2.45, 2.75) is 32.4 Å². The predicted octanol–water partition coefficient (Wildman–Crippen LogP) is 6.38. The summed E-state index contributed by atoms with van der Waals surface area (Å²) in [7, 11) is 1.62. The molecule has 0 amide bonds. The van der Waals surface area contributed by atoms with Crippen LogP contribution >= 0.6 is 0 Å². The van der Waals surface area contributed by atoms with Crippen LogP contribution in [0.4, 0.5) is 13.2 Å². The molecule has 1 aliphatic heterocycles. The third-order valence-electron chi connectivity index (χ3n) is 5.70. The predicted molar refractivity (Wildman–Crippen MR) is 125 cm³/mol. The fourth-order valence-electron chi connectivity index (χ4n) is 4.01. The van der Waals surface area contributed by atoms with Gasteiger partial charge in [0.25, 0.3) is 0 Å². The third-order valence-corrected chi connectivity index (χ3v) is 5.70. The maximum Gasteiger partial charge on any atom is 0.573 e. The van der Waals surface area contributed by atoms with E-state index < -0.39 is 6.36 Å². The summed E-state index contributed by atoms with van der Waals surface area (Å²) in [6.07, 6.45) is 0.0659. The van der Waals surface area contributed by atoms with Gasteiger partial charge in [0.1, 0.15) is 12.4 Å². The van der Waals surface area contributed by atoms with E-state index in [0.29, 0.717) is 23.7 Å². The van der Waals surface area contributed by atoms with E-state index in [1.165, 1.54) is 17.7 Å². The van der Waals surface area contributed by atoms with Crippen LogP contribution in [-0.4, -0.2) is 20.0 Å². The minimum atomic E-state index is -4.71. The van der Waals surface area contributed by atoms with E-state index in [1.807, 2.05) is 54.6 Å². The molecule has 34 heavy (non-hydrogen) atoms. The first-order valence-corrected chi connectivity index (χ1v) is 11.0. The zero-order chi connectivity index (χ0) is 24.1. The maximum atomic E-state index is 12.5. The lowest BCUT2D eigenvalue weighted by atomic mass is 9.92. The first-order chi connectivity index (χ1) is 16.3. The van der Waals surface area contributed by atoms with Crippen LogP contribution in [-0.2, 0) is 13.0 Å². The second-order valence-corrected chi connectivity index (χ2v) is 8.08. The molecule has 0 bridgehead atoms. The summed E-state index contributed by atoms with van der Waals surface area (Å²) in [5.74, 6) is 1.13. The van der Waals surface area contributed by atoms with Crippen molar-refractivity contribution >= 4 is 6.08 Å². The summed E-state index contributed by atoms with van der Waals surface area (Å²) < 4.78 is 53.1. The first kappa shape index (κ1) is 23.7. The highest BCUT2D eigenvalue weighted by atomic mass is 19.4. The van der Waals surface area contributed by atoms with Crippen LogP contribution in [0.3, 0.4) is 0 Å². The summed E-state index contributed by atoms with van der Waals surface area (Å²) >= 11 is 0. The molecule has 4 nitrogen and oxygen atoms in total. The molecule has 1 heterocycles. The van der Waals surface area contributed by atoms with Gasteiger partial charge in [0, 0.05) is 6.54 Å². The second kappa shape index (κ2) is 10.2. The first-order valence-electron chi connectivity index (χ1n) is 11.0. The molecular weight excluding hydrogens is 443 g/mol. The molecule has 1 aliphatic rings. The van der Waals surface area contributed by atoms with Crippen molar-refractivity contribution in [3.05, 3.63) is 94.6 Å². The molecule has 0 saturated carbocycles. The van der Waals surface area contributed by atoms with Crippen molar-refractivity contribution in [1.82, 2.24) is 5.32 Å². The monoisotopic (exact) mass is 469 g/mol. The Labute approximate surface area is 197 Å². The molecule has 3 aromatic carbocycles. The number of aryl methyl sites for hydroxylation is 1. The smallest absolute Gasteiger partial charge is 0.493 e. The number of alkyl halides is 3.